The molecule has 3 saturated heterocycles. The molecular formula is C10H12N2O3. The van der Waals surface area contributed by atoms with Gasteiger partial charge in [0.2, 0.25) is 17.7 Å². The van der Waals surface area contributed by atoms with Gasteiger partial charge in [-0.05, 0) is 12.8 Å². The minimum absolute atomic E-state index is 0.0253. The van der Waals surface area contributed by atoms with Crippen molar-refractivity contribution in [2.24, 2.45) is 17.8 Å². The molecule has 4 rings (SSSR count). The molecule has 3 aliphatic heterocycles. The molecule has 2 bridgehead atoms. The molecule has 0 aromatic rings. The summed E-state index contributed by atoms with van der Waals surface area (Å²) in [6.45, 7) is 0. The standard InChI is InChI=1S/C10H12N2O3/c1-12-5-3-2-4(10(12)15)6-7(5)9(14)11-8(6)13/h4-7H,2-3H2,1H3,(H,11,13,14)/t4-,5-,6+,7+/m0/s1. The molecule has 0 unspecified atom stereocenters. The number of hydrogen-bond acceptors (Lipinski definition) is 3. The molecule has 4 aliphatic rings. The van der Waals surface area contributed by atoms with Crippen LogP contribution in [-0.4, -0.2) is 35.7 Å². The fraction of sp³-hybridized carbons (Fsp3) is 0.700. The van der Waals surface area contributed by atoms with Gasteiger partial charge in [-0.1, -0.05) is 0 Å². The highest BCUT2D eigenvalue weighted by Crippen LogP contribution is 2.45. The molecule has 0 radical (unpaired) electrons. The lowest BCUT2D eigenvalue weighted by atomic mass is 9.66. The molecule has 15 heavy (non-hydrogen) atoms. The van der Waals surface area contributed by atoms with Crippen LogP contribution in [0.3, 0.4) is 0 Å². The molecule has 1 N–H and O–H groups in total. The van der Waals surface area contributed by atoms with Crippen LogP contribution >= 0.6 is 0 Å². The van der Waals surface area contributed by atoms with Crippen LogP contribution in [0.4, 0.5) is 0 Å². The fourth-order valence-corrected chi connectivity index (χ4v) is 3.31. The molecule has 4 atom stereocenters. The van der Waals surface area contributed by atoms with Gasteiger partial charge in [-0.25, -0.2) is 0 Å². The van der Waals surface area contributed by atoms with E-state index in [-0.39, 0.29) is 41.5 Å². The van der Waals surface area contributed by atoms with E-state index in [0.29, 0.717) is 0 Å². The molecule has 1 saturated carbocycles. The minimum Gasteiger partial charge on any atom is -0.342 e. The van der Waals surface area contributed by atoms with Crippen LogP contribution in [0.2, 0.25) is 0 Å². The fourth-order valence-electron chi connectivity index (χ4n) is 3.31. The van der Waals surface area contributed by atoms with Crippen molar-refractivity contribution in [3.63, 3.8) is 0 Å². The third-order valence-electron chi connectivity index (χ3n) is 4.02. The van der Waals surface area contributed by atoms with Gasteiger partial charge < -0.3 is 4.90 Å². The van der Waals surface area contributed by atoms with E-state index in [4.69, 9.17) is 0 Å². The molecular weight excluding hydrogens is 196 g/mol. The van der Waals surface area contributed by atoms with Crippen molar-refractivity contribution in [2.45, 2.75) is 18.9 Å². The summed E-state index contributed by atoms with van der Waals surface area (Å²) in [5, 5.41) is 2.34. The lowest BCUT2D eigenvalue weighted by Gasteiger charge is -2.47. The van der Waals surface area contributed by atoms with Crippen LogP contribution in [-0.2, 0) is 14.4 Å². The first-order valence-electron chi connectivity index (χ1n) is 5.22. The maximum atomic E-state index is 11.8. The first-order valence-corrected chi connectivity index (χ1v) is 5.22. The number of rotatable bonds is 0. The largest absolute Gasteiger partial charge is 0.342 e. The highest BCUT2D eigenvalue weighted by Gasteiger charge is 2.59. The van der Waals surface area contributed by atoms with Crippen molar-refractivity contribution in [1.82, 2.24) is 10.2 Å². The first kappa shape index (κ1) is 8.88. The van der Waals surface area contributed by atoms with E-state index in [1.807, 2.05) is 0 Å². The van der Waals surface area contributed by atoms with Crippen molar-refractivity contribution < 1.29 is 14.4 Å². The molecule has 3 amide bonds. The summed E-state index contributed by atoms with van der Waals surface area (Å²) in [5.41, 5.74) is 0. The van der Waals surface area contributed by atoms with Gasteiger partial charge in [0.1, 0.15) is 0 Å². The summed E-state index contributed by atoms with van der Waals surface area (Å²) >= 11 is 0. The Bertz CT molecular complexity index is 379. The van der Waals surface area contributed by atoms with Gasteiger partial charge in [0.25, 0.3) is 0 Å². The van der Waals surface area contributed by atoms with Gasteiger partial charge in [-0.3, -0.25) is 19.7 Å². The SMILES string of the molecule is CN1C(=O)[C@H]2CC[C@H]1[C@H]1C(=O)NC(=O)[C@@H]12. The Morgan fingerprint density at radius 2 is 1.80 bits per heavy atom. The van der Waals surface area contributed by atoms with Crippen LogP contribution in [0.15, 0.2) is 0 Å². The quantitative estimate of drug-likeness (QED) is 0.526. The second-order valence-electron chi connectivity index (χ2n) is 4.61. The van der Waals surface area contributed by atoms with E-state index in [2.05, 4.69) is 5.32 Å². The summed E-state index contributed by atoms with van der Waals surface area (Å²) in [4.78, 5) is 36.6. The van der Waals surface area contributed by atoms with E-state index >= 15 is 0 Å². The summed E-state index contributed by atoms with van der Waals surface area (Å²) in [6.07, 6.45) is 1.59. The van der Waals surface area contributed by atoms with Crippen LogP contribution in [0.5, 0.6) is 0 Å². The van der Waals surface area contributed by atoms with Gasteiger partial charge in [-0.2, -0.15) is 0 Å². The number of piperidine rings is 2. The Kier molecular flexibility index (Phi) is 1.53. The average molecular weight is 208 g/mol. The monoisotopic (exact) mass is 208 g/mol. The zero-order chi connectivity index (χ0) is 10.7. The van der Waals surface area contributed by atoms with Crippen molar-refractivity contribution in [1.29, 1.82) is 0 Å². The lowest BCUT2D eigenvalue weighted by molar-refractivity contribution is -0.158. The topological polar surface area (TPSA) is 66.5 Å². The van der Waals surface area contributed by atoms with E-state index in [1.54, 1.807) is 11.9 Å². The smallest absolute Gasteiger partial charge is 0.232 e. The zero-order valence-electron chi connectivity index (χ0n) is 8.40. The number of nitrogens with zero attached hydrogens (tertiary/aromatic N) is 1. The Hall–Kier alpha value is -1.39. The number of fused-ring (bicyclic) bond motifs is 2. The van der Waals surface area contributed by atoms with Crippen LogP contribution in [0, 0.1) is 17.8 Å². The Balaban J connectivity index is 2.07. The first-order chi connectivity index (χ1) is 7.11. The van der Waals surface area contributed by atoms with E-state index in [1.165, 1.54) is 0 Å². The highest BCUT2D eigenvalue weighted by atomic mass is 16.2. The Morgan fingerprint density at radius 1 is 1.13 bits per heavy atom. The van der Waals surface area contributed by atoms with E-state index < -0.39 is 0 Å². The van der Waals surface area contributed by atoms with Gasteiger partial charge in [0.15, 0.2) is 0 Å². The van der Waals surface area contributed by atoms with E-state index in [9.17, 15) is 14.4 Å². The number of imide groups is 1. The maximum absolute atomic E-state index is 11.8. The number of carbonyl (C=O) groups excluding carboxylic acids is 3. The van der Waals surface area contributed by atoms with E-state index in [0.717, 1.165) is 12.8 Å². The number of hydrogen-bond donors (Lipinski definition) is 1. The Labute approximate surface area is 86.8 Å². The minimum atomic E-state index is -0.389. The third-order valence-corrected chi connectivity index (χ3v) is 4.02. The molecule has 5 heteroatoms. The molecule has 5 nitrogen and oxygen atoms in total. The van der Waals surface area contributed by atoms with Crippen LogP contribution in [0.25, 0.3) is 0 Å². The number of carbonyl (C=O) groups is 3. The predicted octanol–water partition coefficient (Wildman–Crippen LogP) is -0.874. The molecule has 0 aromatic carbocycles. The van der Waals surface area contributed by atoms with Crippen molar-refractivity contribution in [2.75, 3.05) is 7.05 Å². The average Bonchev–Trinajstić information content (AvgIpc) is 2.51. The molecule has 4 fully saturated rings. The van der Waals surface area contributed by atoms with Crippen LogP contribution < -0.4 is 5.32 Å². The van der Waals surface area contributed by atoms with Gasteiger partial charge in [0.05, 0.1) is 17.8 Å². The molecule has 0 spiro atoms. The molecule has 0 aromatic heterocycles. The van der Waals surface area contributed by atoms with Gasteiger partial charge in [-0.15, -0.1) is 0 Å². The summed E-state index contributed by atoms with van der Waals surface area (Å²) < 4.78 is 0. The predicted molar refractivity (Wildman–Crippen MR) is 49.4 cm³/mol. The Morgan fingerprint density at radius 3 is 2.53 bits per heavy atom. The van der Waals surface area contributed by atoms with Crippen molar-refractivity contribution in [3.8, 4) is 0 Å². The zero-order valence-corrected chi connectivity index (χ0v) is 8.40. The van der Waals surface area contributed by atoms with Crippen LogP contribution in [0.1, 0.15) is 12.8 Å². The van der Waals surface area contributed by atoms with Gasteiger partial charge >= 0.3 is 0 Å². The summed E-state index contributed by atoms with van der Waals surface area (Å²) in [7, 11) is 1.73. The second kappa shape index (κ2) is 2.59. The number of amides is 3. The molecule has 80 valence electrons. The van der Waals surface area contributed by atoms with Gasteiger partial charge in [0, 0.05) is 13.1 Å². The summed E-state index contributed by atoms with van der Waals surface area (Å²) in [6, 6.07) is -0.0704. The number of nitrogens with one attached hydrogen (secondary N) is 1. The normalized spacial score (nSPS) is 43.3. The second-order valence-corrected chi connectivity index (χ2v) is 4.61. The third kappa shape index (κ3) is 0.905. The maximum Gasteiger partial charge on any atom is 0.232 e. The molecule has 1 aliphatic carbocycles. The highest BCUT2D eigenvalue weighted by molar-refractivity contribution is 6.08. The summed E-state index contributed by atoms with van der Waals surface area (Å²) in [5.74, 6) is -1.37. The lowest BCUT2D eigenvalue weighted by Crippen LogP contribution is -2.60. The molecule has 3 heterocycles. The van der Waals surface area contributed by atoms with Crippen molar-refractivity contribution in [3.05, 3.63) is 0 Å². The van der Waals surface area contributed by atoms with Crippen molar-refractivity contribution >= 4 is 17.7 Å².